The van der Waals surface area contributed by atoms with Gasteiger partial charge in [0.05, 0.1) is 7.11 Å². The van der Waals surface area contributed by atoms with Crippen LogP contribution in [0.25, 0.3) is 0 Å². The molecule has 0 spiro atoms. The number of nitrogens with one attached hydrogen (secondary N) is 1. The lowest BCUT2D eigenvalue weighted by molar-refractivity contribution is 0.398. The standard InChI is InChI=1S/C16H25NO/c1-6-12(3)11-15(17-7-2)14-10-13(4)8-9-16(14)18-5/h8-10,15,17H,3,6-7,11H2,1-2,4-5H3. The number of hydrogen-bond donors (Lipinski definition) is 1. The fourth-order valence-corrected chi connectivity index (χ4v) is 2.10. The lowest BCUT2D eigenvalue weighted by Crippen LogP contribution is -2.22. The van der Waals surface area contributed by atoms with E-state index in [-0.39, 0.29) is 6.04 Å². The van der Waals surface area contributed by atoms with Gasteiger partial charge in [0.15, 0.2) is 0 Å². The van der Waals surface area contributed by atoms with Crippen molar-refractivity contribution in [1.82, 2.24) is 5.32 Å². The Bertz CT molecular complexity index is 398. The molecule has 0 aliphatic carbocycles. The summed E-state index contributed by atoms with van der Waals surface area (Å²) in [6.07, 6.45) is 1.99. The van der Waals surface area contributed by atoms with Crippen molar-refractivity contribution < 1.29 is 4.74 Å². The maximum atomic E-state index is 5.47. The van der Waals surface area contributed by atoms with Crippen LogP contribution in [0.15, 0.2) is 30.4 Å². The molecule has 1 atom stereocenters. The van der Waals surface area contributed by atoms with E-state index < -0.39 is 0 Å². The summed E-state index contributed by atoms with van der Waals surface area (Å²) in [5, 5.41) is 3.53. The molecule has 0 fully saturated rings. The minimum Gasteiger partial charge on any atom is -0.496 e. The highest BCUT2D eigenvalue weighted by molar-refractivity contribution is 5.39. The van der Waals surface area contributed by atoms with Crippen molar-refractivity contribution >= 4 is 0 Å². The van der Waals surface area contributed by atoms with E-state index in [0.29, 0.717) is 0 Å². The van der Waals surface area contributed by atoms with Gasteiger partial charge in [-0.25, -0.2) is 0 Å². The van der Waals surface area contributed by atoms with Crippen LogP contribution in [-0.4, -0.2) is 13.7 Å². The van der Waals surface area contributed by atoms with E-state index in [2.05, 4.69) is 44.8 Å². The van der Waals surface area contributed by atoms with Crippen LogP contribution < -0.4 is 10.1 Å². The molecule has 0 bridgehead atoms. The van der Waals surface area contributed by atoms with E-state index in [0.717, 1.165) is 25.1 Å². The summed E-state index contributed by atoms with van der Waals surface area (Å²) < 4.78 is 5.47. The van der Waals surface area contributed by atoms with Crippen molar-refractivity contribution in [1.29, 1.82) is 0 Å². The smallest absolute Gasteiger partial charge is 0.123 e. The van der Waals surface area contributed by atoms with Gasteiger partial charge in [-0.15, -0.1) is 0 Å². The Kier molecular flexibility index (Phi) is 5.93. The van der Waals surface area contributed by atoms with Crippen LogP contribution in [0.4, 0.5) is 0 Å². The molecule has 2 heteroatoms. The number of ether oxygens (including phenoxy) is 1. The molecule has 1 aromatic rings. The Morgan fingerprint density at radius 3 is 2.67 bits per heavy atom. The molecule has 1 unspecified atom stereocenters. The first-order valence-corrected chi connectivity index (χ1v) is 6.66. The third kappa shape index (κ3) is 3.88. The first-order valence-electron chi connectivity index (χ1n) is 6.66. The van der Waals surface area contributed by atoms with Gasteiger partial charge in [-0.3, -0.25) is 0 Å². The van der Waals surface area contributed by atoms with E-state index in [1.807, 2.05) is 6.07 Å². The molecule has 100 valence electrons. The highest BCUT2D eigenvalue weighted by Gasteiger charge is 2.16. The van der Waals surface area contributed by atoms with Gasteiger partial charge < -0.3 is 10.1 Å². The molecule has 2 nitrogen and oxygen atoms in total. The number of methoxy groups -OCH3 is 1. The Morgan fingerprint density at radius 1 is 1.39 bits per heavy atom. The van der Waals surface area contributed by atoms with Crippen molar-refractivity contribution in [3.63, 3.8) is 0 Å². The summed E-state index contributed by atoms with van der Waals surface area (Å²) in [5.41, 5.74) is 3.76. The average Bonchev–Trinajstić information content (AvgIpc) is 2.38. The molecule has 0 saturated heterocycles. The predicted molar refractivity (Wildman–Crippen MR) is 78.2 cm³/mol. The van der Waals surface area contributed by atoms with Crippen molar-refractivity contribution in [3.8, 4) is 5.75 Å². The topological polar surface area (TPSA) is 21.3 Å². The molecule has 18 heavy (non-hydrogen) atoms. The van der Waals surface area contributed by atoms with Crippen molar-refractivity contribution in [3.05, 3.63) is 41.5 Å². The fraction of sp³-hybridized carbons (Fsp3) is 0.500. The number of benzene rings is 1. The van der Waals surface area contributed by atoms with Gasteiger partial charge >= 0.3 is 0 Å². The molecular weight excluding hydrogens is 222 g/mol. The predicted octanol–water partition coefficient (Wildman–Crippen LogP) is 4.01. The van der Waals surface area contributed by atoms with Crippen LogP contribution in [0.3, 0.4) is 0 Å². The molecule has 0 saturated carbocycles. The quantitative estimate of drug-likeness (QED) is 0.735. The normalized spacial score (nSPS) is 12.2. The van der Waals surface area contributed by atoms with Gasteiger partial charge in [-0.2, -0.15) is 0 Å². The van der Waals surface area contributed by atoms with E-state index in [9.17, 15) is 0 Å². The zero-order chi connectivity index (χ0) is 13.5. The zero-order valence-corrected chi connectivity index (χ0v) is 12.0. The molecule has 0 heterocycles. The van der Waals surface area contributed by atoms with Crippen LogP contribution in [-0.2, 0) is 0 Å². The summed E-state index contributed by atoms with van der Waals surface area (Å²) in [4.78, 5) is 0. The molecule has 0 amide bonds. The van der Waals surface area contributed by atoms with Crippen LogP contribution in [0.2, 0.25) is 0 Å². The molecule has 0 radical (unpaired) electrons. The maximum Gasteiger partial charge on any atom is 0.123 e. The number of rotatable bonds is 7. The molecule has 1 rings (SSSR count). The molecule has 0 aliphatic heterocycles. The lowest BCUT2D eigenvalue weighted by Gasteiger charge is -2.22. The third-order valence-electron chi connectivity index (χ3n) is 3.20. The van der Waals surface area contributed by atoms with Gasteiger partial charge in [-0.1, -0.05) is 43.7 Å². The highest BCUT2D eigenvalue weighted by atomic mass is 16.5. The average molecular weight is 247 g/mol. The van der Waals surface area contributed by atoms with Gasteiger partial charge in [0, 0.05) is 11.6 Å². The van der Waals surface area contributed by atoms with Gasteiger partial charge in [0.25, 0.3) is 0 Å². The van der Waals surface area contributed by atoms with Gasteiger partial charge in [0.1, 0.15) is 5.75 Å². The van der Waals surface area contributed by atoms with E-state index in [1.54, 1.807) is 7.11 Å². The third-order valence-corrected chi connectivity index (χ3v) is 3.20. The number of aryl methyl sites for hydroxylation is 1. The second-order valence-electron chi connectivity index (χ2n) is 4.66. The van der Waals surface area contributed by atoms with E-state index >= 15 is 0 Å². The van der Waals surface area contributed by atoms with Crippen LogP contribution in [0, 0.1) is 6.92 Å². The fourth-order valence-electron chi connectivity index (χ4n) is 2.10. The van der Waals surface area contributed by atoms with Crippen molar-refractivity contribution in [2.24, 2.45) is 0 Å². The summed E-state index contributed by atoms with van der Waals surface area (Å²) in [6.45, 7) is 11.5. The molecule has 1 N–H and O–H groups in total. The minimum atomic E-state index is 0.289. The van der Waals surface area contributed by atoms with Gasteiger partial charge in [-0.05, 0) is 32.4 Å². The molecular formula is C16H25NO. The monoisotopic (exact) mass is 247 g/mol. The molecule has 0 aliphatic rings. The van der Waals surface area contributed by atoms with Crippen molar-refractivity contribution in [2.45, 2.75) is 39.7 Å². The lowest BCUT2D eigenvalue weighted by atomic mass is 9.96. The first-order chi connectivity index (χ1) is 8.62. The van der Waals surface area contributed by atoms with Crippen molar-refractivity contribution in [2.75, 3.05) is 13.7 Å². The summed E-state index contributed by atoms with van der Waals surface area (Å²) >= 11 is 0. The van der Waals surface area contributed by atoms with Crippen LogP contribution in [0.1, 0.15) is 43.9 Å². The Morgan fingerprint density at radius 2 is 2.11 bits per heavy atom. The summed E-state index contributed by atoms with van der Waals surface area (Å²) in [5.74, 6) is 0.954. The second kappa shape index (κ2) is 7.22. The van der Waals surface area contributed by atoms with Crippen LogP contribution in [0.5, 0.6) is 5.75 Å². The molecule has 1 aromatic carbocycles. The molecule has 0 aromatic heterocycles. The van der Waals surface area contributed by atoms with E-state index in [4.69, 9.17) is 4.74 Å². The Hall–Kier alpha value is -1.28. The van der Waals surface area contributed by atoms with Crippen LogP contribution >= 0.6 is 0 Å². The summed E-state index contributed by atoms with van der Waals surface area (Å²) in [6, 6.07) is 6.62. The van der Waals surface area contributed by atoms with Gasteiger partial charge in [0.2, 0.25) is 0 Å². The van der Waals surface area contributed by atoms with E-state index in [1.165, 1.54) is 16.7 Å². The largest absolute Gasteiger partial charge is 0.496 e. The summed E-state index contributed by atoms with van der Waals surface area (Å²) in [7, 11) is 1.73. The SMILES string of the molecule is C=C(CC)CC(NCC)c1cc(C)ccc1OC. The maximum absolute atomic E-state index is 5.47. The second-order valence-corrected chi connectivity index (χ2v) is 4.66. The highest BCUT2D eigenvalue weighted by Crippen LogP contribution is 2.30. The Labute approximate surface area is 111 Å². The first kappa shape index (κ1) is 14.8. The Balaban J connectivity index is 3.03. The number of hydrogen-bond acceptors (Lipinski definition) is 2. The minimum absolute atomic E-state index is 0.289. The zero-order valence-electron chi connectivity index (χ0n) is 12.0.